The van der Waals surface area contributed by atoms with Gasteiger partial charge in [-0.1, -0.05) is 25.7 Å². The van der Waals surface area contributed by atoms with Crippen molar-refractivity contribution in [1.29, 1.82) is 0 Å². The van der Waals surface area contributed by atoms with Crippen LogP contribution < -0.4 is 10.1 Å². The first-order chi connectivity index (χ1) is 10.6. The molecule has 2 rings (SSSR count). The van der Waals surface area contributed by atoms with Crippen molar-refractivity contribution >= 4 is 5.91 Å². The Hall–Kier alpha value is -2.09. The third-order valence-corrected chi connectivity index (χ3v) is 3.87. The number of nitrogens with one attached hydrogen (secondary N) is 1. The van der Waals surface area contributed by atoms with E-state index < -0.39 is 23.3 Å². The van der Waals surface area contributed by atoms with Crippen LogP contribution in [0.5, 0.6) is 5.75 Å². The van der Waals surface area contributed by atoms with Crippen LogP contribution in [-0.4, -0.2) is 18.6 Å². The Morgan fingerprint density at radius 2 is 2.14 bits per heavy atom. The molecule has 22 heavy (non-hydrogen) atoms. The van der Waals surface area contributed by atoms with E-state index in [2.05, 4.69) is 11.2 Å². The van der Waals surface area contributed by atoms with E-state index in [0.717, 1.165) is 31.7 Å². The molecule has 0 bridgehead atoms. The first-order valence-corrected chi connectivity index (χ1v) is 7.46. The van der Waals surface area contributed by atoms with Crippen molar-refractivity contribution in [2.24, 2.45) is 0 Å². The Morgan fingerprint density at radius 1 is 1.45 bits per heavy atom. The normalized spacial score (nSPS) is 14.6. The summed E-state index contributed by atoms with van der Waals surface area (Å²) in [5.74, 6) is -0.570. The number of carbonyl (C=O) groups is 1. The molecule has 1 aromatic carbocycles. The third kappa shape index (κ3) is 3.38. The van der Waals surface area contributed by atoms with Crippen LogP contribution in [0.25, 0.3) is 0 Å². The Balaban J connectivity index is 2.30. The molecule has 0 aromatic heterocycles. The quantitative estimate of drug-likeness (QED) is 0.848. The molecule has 0 aliphatic heterocycles. The maximum atomic E-state index is 14.4. The van der Waals surface area contributed by atoms with Gasteiger partial charge in [0.1, 0.15) is 6.61 Å². The average molecular weight is 307 g/mol. The van der Waals surface area contributed by atoms with Gasteiger partial charge in [-0.3, -0.25) is 4.79 Å². The van der Waals surface area contributed by atoms with Gasteiger partial charge in [0.2, 0.25) is 0 Å². The second kappa shape index (κ2) is 7.26. The van der Waals surface area contributed by atoms with Crippen LogP contribution in [0, 0.1) is 24.0 Å². The van der Waals surface area contributed by atoms with Gasteiger partial charge >= 0.3 is 0 Å². The molecular weight excluding hydrogens is 288 g/mol. The third-order valence-electron chi connectivity index (χ3n) is 3.87. The van der Waals surface area contributed by atoms with Crippen LogP contribution in [0.2, 0.25) is 0 Å². The van der Waals surface area contributed by atoms with Crippen molar-refractivity contribution in [3.05, 3.63) is 28.8 Å². The molecule has 0 unspecified atom stereocenters. The van der Waals surface area contributed by atoms with Crippen molar-refractivity contribution in [2.75, 3.05) is 6.61 Å². The van der Waals surface area contributed by atoms with Crippen molar-refractivity contribution < 1.29 is 18.3 Å². The van der Waals surface area contributed by atoms with Crippen LogP contribution in [-0.2, 0) is 6.42 Å². The van der Waals surface area contributed by atoms with E-state index in [9.17, 15) is 13.6 Å². The molecule has 1 saturated carbocycles. The summed E-state index contributed by atoms with van der Waals surface area (Å²) >= 11 is 0. The van der Waals surface area contributed by atoms with Crippen LogP contribution in [0.3, 0.4) is 0 Å². The van der Waals surface area contributed by atoms with Crippen LogP contribution >= 0.6 is 0 Å². The van der Waals surface area contributed by atoms with Crippen molar-refractivity contribution in [3.8, 4) is 18.1 Å². The predicted molar refractivity (Wildman–Crippen MR) is 79.8 cm³/mol. The predicted octanol–water partition coefficient (Wildman–Crippen LogP) is 3.21. The molecule has 1 N–H and O–H groups in total. The Kier molecular flexibility index (Phi) is 5.37. The van der Waals surface area contributed by atoms with E-state index >= 15 is 0 Å². The number of ether oxygens (including phenoxy) is 1. The van der Waals surface area contributed by atoms with Crippen LogP contribution in [0.1, 0.15) is 48.5 Å². The van der Waals surface area contributed by atoms with E-state index in [4.69, 9.17) is 11.2 Å². The van der Waals surface area contributed by atoms with Crippen LogP contribution in [0.15, 0.2) is 6.07 Å². The highest BCUT2D eigenvalue weighted by Crippen LogP contribution is 2.29. The molecule has 0 heterocycles. The summed E-state index contributed by atoms with van der Waals surface area (Å²) in [7, 11) is 0. The fraction of sp³-hybridized carbons (Fsp3) is 0.471. The van der Waals surface area contributed by atoms with Crippen molar-refractivity contribution in [1.82, 2.24) is 5.32 Å². The van der Waals surface area contributed by atoms with Gasteiger partial charge in [-0.25, -0.2) is 8.78 Å². The zero-order valence-electron chi connectivity index (χ0n) is 12.5. The molecule has 1 aliphatic carbocycles. The van der Waals surface area contributed by atoms with Gasteiger partial charge in [0, 0.05) is 17.2 Å². The van der Waals surface area contributed by atoms with Gasteiger partial charge in [-0.15, -0.1) is 6.42 Å². The molecule has 1 aliphatic rings. The van der Waals surface area contributed by atoms with Gasteiger partial charge in [-0.2, -0.15) is 0 Å². The zero-order valence-corrected chi connectivity index (χ0v) is 12.5. The van der Waals surface area contributed by atoms with E-state index in [1.165, 1.54) is 0 Å². The molecule has 1 amide bonds. The Labute approximate surface area is 129 Å². The maximum Gasteiger partial charge on any atom is 0.251 e. The highest BCUT2D eigenvalue weighted by Gasteiger charge is 2.24. The van der Waals surface area contributed by atoms with Crippen LogP contribution in [0.4, 0.5) is 8.78 Å². The monoisotopic (exact) mass is 307 g/mol. The molecule has 0 atom stereocenters. The molecule has 0 spiro atoms. The summed E-state index contributed by atoms with van der Waals surface area (Å²) in [6.45, 7) is 1.47. The summed E-state index contributed by atoms with van der Waals surface area (Å²) in [6.07, 6.45) is 9.22. The minimum atomic E-state index is -0.915. The van der Waals surface area contributed by atoms with E-state index in [-0.39, 0.29) is 30.2 Å². The number of amides is 1. The molecule has 0 radical (unpaired) electrons. The summed E-state index contributed by atoms with van der Waals surface area (Å²) < 4.78 is 33.3. The lowest BCUT2D eigenvalue weighted by molar-refractivity contribution is 0.0935. The lowest BCUT2D eigenvalue weighted by Gasteiger charge is -2.16. The molecule has 1 aromatic rings. The average Bonchev–Trinajstić information content (AvgIpc) is 2.99. The number of halogens is 2. The van der Waals surface area contributed by atoms with E-state index in [1.807, 2.05) is 0 Å². The fourth-order valence-electron chi connectivity index (χ4n) is 2.77. The number of carbonyl (C=O) groups excluding carboxylic acids is 1. The highest BCUT2D eigenvalue weighted by molar-refractivity contribution is 5.96. The summed E-state index contributed by atoms with van der Waals surface area (Å²) in [5.41, 5.74) is 0.168. The van der Waals surface area contributed by atoms with Gasteiger partial charge < -0.3 is 10.1 Å². The fourth-order valence-corrected chi connectivity index (χ4v) is 2.77. The summed E-state index contributed by atoms with van der Waals surface area (Å²) in [4.78, 5) is 12.3. The first kappa shape index (κ1) is 16.3. The highest BCUT2D eigenvalue weighted by atomic mass is 19.1. The minimum absolute atomic E-state index is 0.0254. The lowest BCUT2D eigenvalue weighted by atomic mass is 10.0. The summed E-state index contributed by atoms with van der Waals surface area (Å²) in [5, 5.41) is 2.84. The van der Waals surface area contributed by atoms with Gasteiger partial charge in [0.05, 0.1) is 0 Å². The molecule has 1 fully saturated rings. The topological polar surface area (TPSA) is 38.3 Å². The lowest BCUT2D eigenvalue weighted by Crippen LogP contribution is -2.33. The number of benzene rings is 1. The molecule has 0 saturated heterocycles. The molecular formula is C17H19F2NO2. The maximum absolute atomic E-state index is 14.4. The molecule has 118 valence electrons. The Morgan fingerprint density at radius 3 is 2.73 bits per heavy atom. The first-order valence-electron chi connectivity index (χ1n) is 7.46. The van der Waals surface area contributed by atoms with Gasteiger partial charge in [0.25, 0.3) is 5.91 Å². The zero-order chi connectivity index (χ0) is 16.1. The standard InChI is InChI=1S/C17H19F2NO2/c1-3-9-22-16-14(18)10-13(12(4-2)15(16)19)17(21)20-11-7-5-6-8-11/h1,10-11H,4-9H2,2H3,(H,20,21). The van der Waals surface area contributed by atoms with Gasteiger partial charge in [-0.05, 0) is 25.3 Å². The minimum Gasteiger partial charge on any atom is -0.475 e. The molecule has 5 heteroatoms. The number of hydrogen-bond donors (Lipinski definition) is 1. The SMILES string of the molecule is C#CCOc1c(F)cc(C(=O)NC2CCCC2)c(CC)c1F. The van der Waals surface area contributed by atoms with Crippen molar-refractivity contribution in [3.63, 3.8) is 0 Å². The smallest absolute Gasteiger partial charge is 0.251 e. The van der Waals surface area contributed by atoms with E-state index in [0.29, 0.717) is 0 Å². The number of rotatable bonds is 5. The van der Waals surface area contributed by atoms with Crippen molar-refractivity contribution in [2.45, 2.75) is 45.1 Å². The number of hydrogen-bond acceptors (Lipinski definition) is 2. The van der Waals surface area contributed by atoms with E-state index in [1.54, 1.807) is 6.92 Å². The second-order valence-electron chi connectivity index (χ2n) is 5.33. The summed E-state index contributed by atoms with van der Waals surface area (Å²) in [6, 6.07) is 1.11. The van der Waals surface area contributed by atoms with Gasteiger partial charge in [0.15, 0.2) is 17.4 Å². The largest absolute Gasteiger partial charge is 0.475 e. The second-order valence-corrected chi connectivity index (χ2v) is 5.33. The number of terminal acetylenes is 1. The molecule has 3 nitrogen and oxygen atoms in total. The Bertz CT molecular complexity index is 602.